The third-order valence-corrected chi connectivity index (χ3v) is 5.07. The summed E-state index contributed by atoms with van der Waals surface area (Å²) in [6, 6.07) is 8.89. The standard InChI is InChI=1S/C21H27NO7/c1-13(2)29-18-16(11-17(24)22(18)14(3)23)21(19(25)27-4,20(26)28-5)12-15-9-7-6-8-10-15/h6-10,13,16,18H,11-12H2,1-5H3/t16-,18+/m0/s1. The van der Waals surface area contributed by atoms with Crippen LogP contribution in [-0.2, 0) is 39.8 Å². The molecule has 29 heavy (non-hydrogen) atoms. The zero-order valence-corrected chi connectivity index (χ0v) is 17.3. The maximum Gasteiger partial charge on any atom is 0.324 e. The van der Waals surface area contributed by atoms with Crippen molar-refractivity contribution in [1.82, 2.24) is 4.90 Å². The zero-order valence-electron chi connectivity index (χ0n) is 17.3. The molecule has 0 N–H and O–H groups in total. The number of amides is 2. The van der Waals surface area contributed by atoms with Gasteiger partial charge in [-0.1, -0.05) is 30.3 Å². The van der Waals surface area contributed by atoms with Crippen LogP contribution in [-0.4, -0.2) is 55.2 Å². The summed E-state index contributed by atoms with van der Waals surface area (Å²) in [6.45, 7) is 4.73. The predicted molar refractivity (Wildman–Crippen MR) is 102 cm³/mol. The molecule has 2 rings (SSSR count). The number of hydrogen-bond donors (Lipinski definition) is 0. The van der Waals surface area contributed by atoms with Crippen LogP contribution in [0.3, 0.4) is 0 Å². The van der Waals surface area contributed by atoms with E-state index < -0.39 is 41.3 Å². The molecule has 2 amide bonds. The lowest BCUT2D eigenvalue weighted by Crippen LogP contribution is -2.54. The van der Waals surface area contributed by atoms with E-state index in [-0.39, 0.29) is 18.9 Å². The number of nitrogens with zero attached hydrogens (tertiary/aromatic N) is 1. The summed E-state index contributed by atoms with van der Waals surface area (Å²) in [7, 11) is 2.34. The van der Waals surface area contributed by atoms with Gasteiger partial charge < -0.3 is 14.2 Å². The van der Waals surface area contributed by atoms with Gasteiger partial charge in [-0.3, -0.25) is 24.1 Å². The molecule has 0 unspecified atom stereocenters. The normalized spacial score (nSPS) is 19.4. The van der Waals surface area contributed by atoms with Crippen molar-refractivity contribution in [3.05, 3.63) is 35.9 Å². The minimum atomic E-state index is -1.86. The van der Waals surface area contributed by atoms with E-state index in [2.05, 4.69) is 0 Å². The average molecular weight is 405 g/mol. The molecule has 1 aromatic carbocycles. The van der Waals surface area contributed by atoms with Crippen LogP contribution in [0.5, 0.6) is 0 Å². The van der Waals surface area contributed by atoms with E-state index in [4.69, 9.17) is 14.2 Å². The Bertz CT molecular complexity index is 758. The van der Waals surface area contributed by atoms with Crippen LogP contribution < -0.4 is 0 Å². The molecule has 1 aromatic rings. The largest absolute Gasteiger partial charge is 0.468 e. The van der Waals surface area contributed by atoms with Gasteiger partial charge in [-0.2, -0.15) is 0 Å². The molecule has 158 valence electrons. The van der Waals surface area contributed by atoms with Crippen LogP contribution in [0, 0.1) is 11.3 Å². The quantitative estimate of drug-likeness (QED) is 0.503. The lowest BCUT2D eigenvalue weighted by molar-refractivity contribution is -0.186. The second-order valence-electron chi connectivity index (χ2n) is 7.29. The van der Waals surface area contributed by atoms with E-state index in [1.165, 1.54) is 21.1 Å². The maximum atomic E-state index is 13.0. The van der Waals surface area contributed by atoms with Crippen molar-refractivity contribution < 1.29 is 33.4 Å². The maximum absolute atomic E-state index is 13.0. The fraction of sp³-hybridized carbons (Fsp3) is 0.524. The fourth-order valence-electron chi connectivity index (χ4n) is 3.86. The molecule has 8 heteroatoms. The van der Waals surface area contributed by atoms with Crippen molar-refractivity contribution in [2.45, 2.75) is 45.9 Å². The van der Waals surface area contributed by atoms with Gasteiger partial charge in [0.1, 0.15) is 6.23 Å². The summed E-state index contributed by atoms with van der Waals surface area (Å²) in [4.78, 5) is 51.9. The van der Waals surface area contributed by atoms with Crippen LogP contribution in [0.25, 0.3) is 0 Å². The number of carbonyl (C=O) groups excluding carboxylic acids is 4. The average Bonchev–Trinajstić information content (AvgIpc) is 3.01. The Hall–Kier alpha value is -2.74. The van der Waals surface area contributed by atoms with Gasteiger partial charge in [0.15, 0.2) is 5.41 Å². The minimum absolute atomic E-state index is 0.0607. The van der Waals surface area contributed by atoms with Gasteiger partial charge in [-0.05, 0) is 25.8 Å². The number of ether oxygens (including phenoxy) is 3. The molecule has 0 aliphatic carbocycles. The van der Waals surface area contributed by atoms with Crippen LogP contribution in [0.2, 0.25) is 0 Å². The number of methoxy groups -OCH3 is 2. The first-order valence-corrected chi connectivity index (χ1v) is 9.37. The Morgan fingerprint density at radius 1 is 1.10 bits per heavy atom. The molecular weight excluding hydrogens is 378 g/mol. The van der Waals surface area contributed by atoms with Gasteiger partial charge in [-0.15, -0.1) is 0 Å². The van der Waals surface area contributed by atoms with Crippen LogP contribution in [0.4, 0.5) is 0 Å². The summed E-state index contributed by atoms with van der Waals surface area (Å²) in [6.07, 6.45) is -1.75. The number of rotatable bonds is 7. The highest BCUT2D eigenvalue weighted by molar-refractivity contribution is 6.03. The monoisotopic (exact) mass is 405 g/mol. The van der Waals surface area contributed by atoms with Gasteiger partial charge in [-0.25, -0.2) is 0 Å². The van der Waals surface area contributed by atoms with Crippen LogP contribution in [0.1, 0.15) is 32.8 Å². The zero-order chi connectivity index (χ0) is 21.8. The Kier molecular flexibility index (Phi) is 7.13. The van der Waals surface area contributed by atoms with E-state index in [1.807, 2.05) is 6.07 Å². The van der Waals surface area contributed by atoms with Gasteiger partial charge in [0.05, 0.1) is 20.3 Å². The molecular formula is C21H27NO7. The molecule has 1 aliphatic heterocycles. The molecule has 1 heterocycles. The van der Waals surface area contributed by atoms with Crippen molar-refractivity contribution in [2.24, 2.45) is 11.3 Å². The SMILES string of the molecule is COC(=O)C(Cc1ccccc1)(C(=O)OC)[C@H]1CC(=O)N(C(C)=O)[C@@H]1OC(C)C. The highest BCUT2D eigenvalue weighted by Gasteiger charge is 2.62. The number of hydrogen-bond acceptors (Lipinski definition) is 7. The van der Waals surface area contributed by atoms with Gasteiger partial charge >= 0.3 is 11.9 Å². The lowest BCUT2D eigenvalue weighted by Gasteiger charge is -2.38. The molecule has 8 nitrogen and oxygen atoms in total. The summed E-state index contributed by atoms with van der Waals surface area (Å²) in [5.74, 6) is -3.69. The van der Waals surface area contributed by atoms with Gasteiger partial charge in [0.2, 0.25) is 11.8 Å². The lowest BCUT2D eigenvalue weighted by atomic mass is 9.69. The third-order valence-electron chi connectivity index (χ3n) is 5.07. The van der Waals surface area contributed by atoms with Crippen molar-refractivity contribution >= 4 is 23.8 Å². The topological polar surface area (TPSA) is 99.2 Å². The Morgan fingerprint density at radius 3 is 2.10 bits per heavy atom. The smallest absolute Gasteiger partial charge is 0.324 e. The molecule has 1 fully saturated rings. The van der Waals surface area contributed by atoms with E-state index in [0.29, 0.717) is 5.56 Å². The summed E-state index contributed by atoms with van der Waals surface area (Å²) >= 11 is 0. The number of likely N-dealkylation sites (tertiary alicyclic amines) is 1. The van der Waals surface area contributed by atoms with Gasteiger partial charge in [0.25, 0.3) is 0 Å². The molecule has 0 bridgehead atoms. The second-order valence-corrected chi connectivity index (χ2v) is 7.29. The van der Waals surface area contributed by atoms with Crippen LogP contribution in [0.15, 0.2) is 30.3 Å². The van der Waals surface area contributed by atoms with Crippen molar-refractivity contribution in [2.75, 3.05) is 14.2 Å². The summed E-state index contributed by atoms with van der Waals surface area (Å²) in [5, 5.41) is 0. The van der Waals surface area contributed by atoms with Crippen LogP contribution >= 0.6 is 0 Å². The van der Waals surface area contributed by atoms with Crippen molar-refractivity contribution in [1.29, 1.82) is 0 Å². The number of imide groups is 1. The molecule has 1 saturated heterocycles. The minimum Gasteiger partial charge on any atom is -0.468 e. The van der Waals surface area contributed by atoms with E-state index in [1.54, 1.807) is 38.1 Å². The summed E-state index contributed by atoms with van der Waals surface area (Å²) < 4.78 is 15.9. The molecule has 1 aliphatic rings. The van der Waals surface area contributed by atoms with Gasteiger partial charge in [0, 0.05) is 19.3 Å². The van der Waals surface area contributed by atoms with E-state index in [9.17, 15) is 19.2 Å². The second kappa shape index (κ2) is 9.17. The molecule has 0 radical (unpaired) electrons. The summed E-state index contributed by atoms with van der Waals surface area (Å²) in [5.41, 5.74) is -1.18. The molecule has 2 atom stereocenters. The first kappa shape index (κ1) is 22.5. The van der Waals surface area contributed by atoms with E-state index >= 15 is 0 Å². The first-order valence-electron chi connectivity index (χ1n) is 9.37. The van der Waals surface area contributed by atoms with Crippen molar-refractivity contribution in [3.63, 3.8) is 0 Å². The predicted octanol–water partition coefficient (Wildman–Crippen LogP) is 1.71. The van der Waals surface area contributed by atoms with E-state index in [0.717, 1.165) is 4.90 Å². The number of carbonyl (C=O) groups is 4. The highest BCUT2D eigenvalue weighted by atomic mass is 16.5. The Labute approximate surface area is 170 Å². The molecule has 0 saturated carbocycles. The highest BCUT2D eigenvalue weighted by Crippen LogP contribution is 2.45. The number of benzene rings is 1. The molecule has 0 spiro atoms. The molecule has 0 aromatic heterocycles. The number of esters is 2. The van der Waals surface area contributed by atoms with Crippen molar-refractivity contribution in [3.8, 4) is 0 Å². The Morgan fingerprint density at radius 2 is 1.66 bits per heavy atom. The third kappa shape index (κ3) is 4.32. The first-order chi connectivity index (χ1) is 13.7. The Balaban J connectivity index is 2.67. The fourth-order valence-corrected chi connectivity index (χ4v) is 3.86.